The van der Waals surface area contributed by atoms with Gasteiger partial charge >= 0.3 is 0 Å². The van der Waals surface area contributed by atoms with Crippen LogP contribution in [0.5, 0.6) is 5.75 Å². The molecule has 0 aromatic heterocycles. The highest BCUT2D eigenvalue weighted by Crippen LogP contribution is 2.36. The normalized spacial score (nSPS) is 14.6. The van der Waals surface area contributed by atoms with E-state index < -0.39 is 0 Å². The van der Waals surface area contributed by atoms with Crippen molar-refractivity contribution in [1.82, 2.24) is 4.90 Å². The first-order chi connectivity index (χ1) is 15.7. The summed E-state index contributed by atoms with van der Waals surface area (Å²) in [6.45, 7) is 2.84. The summed E-state index contributed by atoms with van der Waals surface area (Å²) in [5.41, 5.74) is 6.29. The zero-order valence-corrected chi connectivity index (χ0v) is 18.0. The molecule has 32 heavy (non-hydrogen) atoms. The molecular formula is C26H25N3O3. The number of oxime groups is 1. The Bertz CT molecular complexity index is 1100. The molecule has 0 unspecified atom stereocenters. The number of benzene rings is 3. The molecule has 3 aromatic carbocycles. The summed E-state index contributed by atoms with van der Waals surface area (Å²) in [6, 6.07) is 24.3. The highest BCUT2D eigenvalue weighted by molar-refractivity contribution is 6.24. The summed E-state index contributed by atoms with van der Waals surface area (Å²) in [5, 5.41) is 4.37. The van der Waals surface area contributed by atoms with Gasteiger partial charge in [0.25, 0.3) is 5.91 Å². The lowest BCUT2D eigenvalue weighted by molar-refractivity contribution is -0.136. The van der Waals surface area contributed by atoms with Gasteiger partial charge in [0.15, 0.2) is 6.61 Å². The van der Waals surface area contributed by atoms with Crippen LogP contribution >= 0.6 is 0 Å². The molecular weight excluding hydrogens is 402 g/mol. The summed E-state index contributed by atoms with van der Waals surface area (Å²) < 4.78 is 5.22. The van der Waals surface area contributed by atoms with Crippen molar-refractivity contribution in [1.29, 1.82) is 0 Å². The molecule has 6 heteroatoms. The van der Waals surface area contributed by atoms with Gasteiger partial charge in [-0.25, -0.2) is 0 Å². The number of hydrogen-bond acceptors (Lipinski definition) is 5. The summed E-state index contributed by atoms with van der Waals surface area (Å²) in [7, 11) is 1.66. The third-order valence-corrected chi connectivity index (χ3v) is 6.07. The highest BCUT2D eigenvalue weighted by atomic mass is 16.6. The van der Waals surface area contributed by atoms with E-state index in [2.05, 4.69) is 22.2 Å². The number of carbonyl (C=O) groups excluding carboxylic acids is 1. The van der Waals surface area contributed by atoms with Crippen molar-refractivity contribution in [2.24, 2.45) is 5.16 Å². The first kappa shape index (κ1) is 20.1. The van der Waals surface area contributed by atoms with Gasteiger partial charge in [-0.05, 0) is 35.4 Å². The molecule has 0 N–H and O–H groups in total. The average molecular weight is 428 g/mol. The number of rotatable bonds is 5. The number of hydrogen-bond donors (Lipinski definition) is 0. The van der Waals surface area contributed by atoms with Crippen LogP contribution in [0.25, 0.3) is 11.1 Å². The van der Waals surface area contributed by atoms with Crippen LogP contribution < -0.4 is 9.64 Å². The maximum Gasteiger partial charge on any atom is 0.263 e. The van der Waals surface area contributed by atoms with Gasteiger partial charge in [-0.15, -0.1) is 0 Å². The van der Waals surface area contributed by atoms with E-state index in [-0.39, 0.29) is 12.5 Å². The van der Waals surface area contributed by atoms with Crippen LogP contribution in [0.2, 0.25) is 0 Å². The van der Waals surface area contributed by atoms with Crippen LogP contribution in [0.15, 0.2) is 78.0 Å². The predicted molar refractivity (Wildman–Crippen MR) is 125 cm³/mol. The van der Waals surface area contributed by atoms with Crippen LogP contribution in [-0.4, -0.2) is 56.4 Å². The Morgan fingerprint density at radius 3 is 1.94 bits per heavy atom. The molecule has 1 aliphatic carbocycles. The van der Waals surface area contributed by atoms with Gasteiger partial charge in [-0.1, -0.05) is 53.7 Å². The molecule has 162 valence electrons. The quantitative estimate of drug-likeness (QED) is 0.455. The number of amides is 1. The van der Waals surface area contributed by atoms with Crippen LogP contribution in [0, 0.1) is 0 Å². The Kier molecular flexibility index (Phi) is 5.50. The maximum absolute atomic E-state index is 12.7. The molecule has 1 fully saturated rings. The zero-order valence-electron chi connectivity index (χ0n) is 18.0. The van der Waals surface area contributed by atoms with Crippen molar-refractivity contribution in [3.05, 3.63) is 83.9 Å². The third-order valence-electron chi connectivity index (χ3n) is 6.07. The Hall–Kier alpha value is -3.80. The van der Waals surface area contributed by atoms with Crippen molar-refractivity contribution in [3.63, 3.8) is 0 Å². The zero-order chi connectivity index (χ0) is 21.9. The third kappa shape index (κ3) is 3.80. The fraction of sp³-hybridized carbons (Fsp3) is 0.231. The van der Waals surface area contributed by atoms with Gasteiger partial charge in [0.05, 0.1) is 7.11 Å². The van der Waals surface area contributed by atoms with Crippen LogP contribution in [0.1, 0.15) is 11.1 Å². The Morgan fingerprint density at radius 2 is 1.38 bits per heavy atom. The second-order valence-electron chi connectivity index (χ2n) is 7.87. The molecule has 0 spiro atoms. The molecule has 1 heterocycles. The Morgan fingerprint density at radius 1 is 0.812 bits per heavy atom. The minimum absolute atomic E-state index is 0.0386. The second-order valence-corrected chi connectivity index (χ2v) is 7.87. The van der Waals surface area contributed by atoms with Crippen LogP contribution in [0.3, 0.4) is 0 Å². The first-order valence-corrected chi connectivity index (χ1v) is 10.8. The Labute approximate surface area is 187 Å². The number of methoxy groups -OCH3 is 1. The molecule has 1 amide bonds. The summed E-state index contributed by atoms with van der Waals surface area (Å²) in [6.07, 6.45) is 0. The molecule has 1 saturated heterocycles. The number of fused-ring (bicyclic) bond motifs is 3. The largest absolute Gasteiger partial charge is 0.497 e. The molecule has 6 nitrogen and oxygen atoms in total. The van der Waals surface area contributed by atoms with E-state index in [1.165, 1.54) is 0 Å². The van der Waals surface area contributed by atoms with Crippen LogP contribution in [-0.2, 0) is 9.63 Å². The number of anilines is 1. The predicted octanol–water partition coefficient (Wildman–Crippen LogP) is 3.79. The fourth-order valence-electron chi connectivity index (χ4n) is 4.34. The van der Waals surface area contributed by atoms with Crippen molar-refractivity contribution >= 4 is 17.3 Å². The van der Waals surface area contributed by atoms with Gasteiger partial charge in [-0.2, -0.15) is 0 Å². The van der Waals surface area contributed by atoms with Crippen molar-refractivity contribution in [2.45, 2.75) is 0 Å². The number of carbonyl (C=O) groups is 1. The number of ether oxygens (including phenoxy) is 1. The lowest BCUT2D eigenvalue weighted by Crippen LogP contribution is -2.49. The minimum atomic E-state index is -0.0592. The molecule has 0 radical (unpaired) electrons. The smallest absolute Gasteiger partial charge is 0.263 e. The summed E-state index contributed by atoms with van der Waals surface area (Å²) >= 11 is 0. The molecule has 2 aliphatic rings. The molecule has 3 aromatic rings. The van der Waals surface area contributed by atoms with E-state index in [1.54, 1.807) is 7.11 Å². The van der Waals surface area contributed by atoms with E-state index in [0.717, 1.165) is 52.5 Å². The SMILES string of the molecule is COc1ccc(N2CCN(C(=O)CON=C3c4ccccc4-c4ccccc43)CC2)cc1. The van der Waals surface area contributed by atoms with Gasteiger partial charge in [-0.3, -0.25) is 4.79 Å². The van der Waals surface area contributed by atoms with Gasteiger partial charge in [0.1, 0.15) is 11.5 Å². The van der Waals surface area contributed by atoms with E-state index in [1.807, 2.05) is 65.6 Å². The molecule has 1 aliphatic heterocycles. The van der Waals surface area contributed by atoms with Crippen molar-refractivity contribution < 1.29 is 14.4 Å². The minimum Gasteiger partial charge on any atom is -0.497 e. The fourth-order valence-corrected chi connectivity index (χ4v) is 4.34. The van der Waals surface area contributed by atoms with Gasteiger partial charge in [0.2, 0.25) is 0 Å². The van der Waals surface area contributed by atoms with Crippen LogP contribution in [0.4, 0.5) is 5.69 Å². The lowest BCUT2D eigenvalue weighted by Gasteiger charge is -2.36. The summed E-state index contributed by atoms with van der Waals surface area (Å²) in [5.74, 6) is 0.803. The number of piperazine rings is 1. The van der Waals surface area contributed by atoms with Gasteiger partial charge < -0.3 is 19.4 Å². The van der Waals surface area contributed by atoms with E-state index >= 15 is 0 Å². The van der Waals surface area contributed by atoms with E-state index in [0.29, 0.717) is 13.1 Å². The van der Waals surface area contributed by atoms with Crippen molar-refractivity contribution in [3.8, 4) is 16.9 Å². The molecule has 5 rings (SSSR count). The van der Waals surface area contributed by atoms with E-state index in [4.69, 9.17) is 9.57 Å². The second kappa shape index (κ2) is 8.75. The number of nitrogens with zero attached hydrogens (tertiary/aromatic N) is 3. The first-order valence-electron chi connectivity index (χ1n) is 10.8. The van der Waals surface area contributed by atoms with Crippen molar-refractivity contribution in [2.75, 3.05) is 44.8 Å². The standard InChI is InChI=1S/C26H25N3O3/c1-31-20-12-10-19(11-13-20)28-14-16-29(17-15-28)25(30)18-32-27-26-23-8-4-2-6-21(23)22-7-3-5-9-24(22)26/h2-13H,14-18H2,1H3. The topological polar surface area (TPSA) is 54.4 Å². The lowest BCUT2D eigenvalue weighted by atomic mass is 10.1. The maximum atomic E-state index is 12.7. The summed E-state index contributed by atoms with van der Waals surface area (Å²) in [4.78, 5) is 22.4. The Balaban J connectivity index is 1.19. The average Bonchev–Trinajstić information content (AvgIpc) is 3.18. The van der Waals surface area contributed by atoms with E-state index in [9.17, 15) is 4.79 Å². The molecule has 0 atom stereocenters. The van der Waals surface area contributed by atoms with Gasteiger partial charge in [0, 0.05) is 43.0 Å². The molecule has 0 saturated carbocycles. The molecule has 0 bridgehead atoms. The highest BCUT2D eigenvalue weighted by Gasteiger charge is 2.25. The monoisotopic (exact) mass is 427 g/mol.